The van der Waals surface area contributed by atoms with Gasteiger partial charge in [-0.15, -0.1) is 0 Å². The maximum Gasteiger partial charge on any atom is 0.280 e. The highest BCUT2D eigenvalue weighted by Crippen LogP contribution is 2.32. The average molecular weight is 377 g/mol. The van der Waals surface area contributed by atoms with Crippen LogP contribution in [0, 0.1) is 0 Å². The number of fused-ring (bicyclic) bond motifs is 1. The predicted octanol–water partition coefficient (Wildman–Crippen LogP) is 1.98. The molecule has 1 N–H and O–H groups in total. The summed E-state index contributed by atoms with van der Waals surface area (Å²) < 4.78 is 3.75. The Kier molecular flexibility index (Phi) is 5.22. The van der Waals surface area contributed by atoms with Gasteiger partial charge in [-0.1, -0.05) is 31.0 Å². The van der Waals surface area contributed by atoms with Crippen molar-refractivity contribution >= 4 is 28.9 Å². The molecule has 1 saturated carbocycles. The van der Waals surface area contributed by atoms with E-state index in [2.05, 4.69) is 17.1 Å². The molecule has 2 aromatic rings. The van der Waals surface area contributed by atoms with E-state index in [1.165, 1.54) is 32.1 Å². The zero-order valence-corrected chi connectivity index (χ0v) is 16.5. The van der Waals surface area contributed by atoms with Gasteiger partial charge in [-0.2, -0.15) is 4.98 Å². The molecule has 0 amide bonds. The lowest BCUT2D eigenvalue weighted by Gasteiger charge is -2.28. The van der Waals surface area contributed by atoms with Crippen molar-refractivity contribution in [2.75, 3.05) is 31.1 Å². The van der Waals surface area contributed by atoms with Crippen LogP contribution in [-0.4, -0.2) is 50.5 Å². The first kappa shape index (κ1) is 17.9. The van der Waals surface area contributed by atoms with Gasteiger partial charge in [-0.25, -0.2) is 4.98 Å². The maximum absolute atomic E-state index is 13.1. The first-order valence-electron chi connectivity index (χ1n) is 9.78. The first-order chi connectivity index (χ1) is 12.7. The fourth-order valence-electron chi connectivity index (χ4n) is 3.97. The summed E-state index contributed by atoms with van der Waals surface area (Å²) in [7, 11) is 1.84. The summed E-state index contributed by atoms with van der Waals surface area (Å²) in [5, 5.41) is 4.74. The Bertz CT molecular complexity index is 832. The molecule has 3 heterocycles. The van der Waals surface area contributed by atoms with Crippen molar-refractivity contribution in [3.8, 4) is 0 Å². The second-order valence-electron chi connectivity index (χ2n) is 7.20. The normalized spacial score (nSPS) is 19.4. The fourth-order valence-corrected chi connectivity index (χ4v) is 5.22. The third kappa shape index (κ3) is 3.24. The Morgan fingerprint density at radius 2 is 1.88 bits per heavy atom. The molecule has 1 saturated heterocycles. The van der Waals surface area contributed by atoms with Crippen LogP contribution in [0.25, 0.3) is 11.2 Å². The quantitative estimate of drug-likeness (QED) is 0.823. The van der Waals surface area contributed by atoms with Crippen LogP contribution >= 0.6 is 11.8 Å². The van der Waals surface area contributed by atoms with Crippen molar-refractivity contribution in [2.45, 2.75) is 56.0 Å². The highest BCUT2D eigenvalue weighted by Gasteiger charge is 2.24. The van der Waals surface area contributed by atoms with Crippen molar-refractivity contribution < 1.29 is 0 Å². The van der Waals surface area contributed by atoms with Crippen LogP contribution in [0.4, 0.5) is 5.95 Å². The number of piperazine rings is 1. The first-order valence-corrected chi connectivity index (χ1v) is 10.7. The van der Waals surface area contributed by atoms with Crippen LogP contribution in [-0.2, 0) is 13.6 Å². The Morgan fingerprint density at radius 1 is 1.15 bits per heavy atom. The molecule has 1 aliphatic heterocycles. The number of anilines is 1. The van der Waals surface area contributed by atoms with Gasteiger partial charge < -0.3 is 14.8 Å². The Labute approximate surface area is 158 Å². The van der Waals surface area contributed by atoms with Crippen molar-refractivity contribution in [1.82, 2.24) is 24.4 Å². The van der Waals surface area contributed by atoms with Crippen molar-refractivity contribution in [1.29, 1.82) is 0 Å². The zero-order valence-electron chi connectivity index (χ0n) is 15.7. The molecule has 0 spiro atoms. The maximum atomic E-state index is 13.1. The van der Waals surface area contributed by atoms with Crippen molar-refractivity contribution in [3.63, 3.8) is 0 Å². The molecule has 7 nitrogen and oxygen atoms in total. The summed E-state index contributed by atoms with van der Waals surface area (Å²) in [6.07, 6.45) is 6.33. The highest BCUT2D eigenvalue weighted by atomic mass is 32.2. The van der Waals surface area contributed by atoms with Crippen LogP contribution in [0.15, 0.2) is 9.95 Å². The summed E-state index contributed by atoms with van der Waals surface area (Å²) in [6, 6.07) is 0. The smallest absolute Gasteiger partial charge is 0.280 e. The fraction of sp³-hybridized carbons (Fsp3) is 0.722. The number of aromatic nitrogens is 4. The van der Waals surface area contributed by atoms with E-state index in [4.69, 9.17) is 9.97 Å². The molecule has 0 unspecified atom stereocenters. The van der Waals surface area contributed by atoms with Crippen LogP contribution < -0.4 is 15.8 Å². The van der Waals surface area contributed by atoms with Gasteiger partial charge in [0.2, 0.25) is 5.95 Å². The number of rotatable bonds is 4. The van der Waals surface area contributed by atoms with E-state index in [9.17, 15) is 4.79 Å². The molecular weight excluding hydrogens is 348 g/mol. The molecule has 2 aromatic heterocycles. The van der Waals surface area contributed by atoms with Crippen molar-refractivity contribution in [2.24, 2.45) is 7.05 Å². The lowest BCUT2D eigenvalue weighted by atomic mass is 10.0. The lowest BCUT2D eigenvalue weighted by Crippen LogP contribution is -2.44. The molecule has 0 radical (unpaired) electrons. The van der Waals surface area contributed by atoms with E-state index in [-0.39, 0.29) is 5.56 Å². The van der Waals surface area contributed by atoms with Gasteiger partial charge in [-0.3, -0.25) is 9.36 Å². The summed E-state index contributed by atoms with van der Waals surface area (Å²) >= 11 is 1.76. The van der Waals surface area contributed by atoms with Gasteiger partial charge >= 0.3 is 0 Å². The summed E-state index contributed by atoms with van der Waals surface area (Å²) in [5.41, 5.74) is 1.25. The number of hydrogen-bond acceptors (Lipinski definition) is 6. The summed E-state index contributed by atoms with van der Waals surface area (Å²) in [6.45, 7) is 6.50. The molecule has 8 heteroatoms. The number of hydrogen-bond donors (Lipinski definition) is 1. The van der Waals surface area contributed by atoms with Gasteiger partial charge in [0.25, 0.3) is 5.56 Å². The van der Waals surface area contributed by atoms with Gasteiger partial charge in [0.1, 0.15) is 0 Å². The van der Waals surface area contributed by atoms with Gasteiger partial charge in [0, 0.05) is 45.0 Å². The standard InChI is InChI=1S/C18H28N6OS/c1-3-24-14-15(20-17(24)23-11-9-19-10-12-23)21-18(22(2)16(14)25)26-13-7-5-4-6-8-13/h13,19H,3-12H2,1-2H3. The molecule has 26 heavy (non-hydrogen) atoms. The minimum Gasteiger partial charge on any atom is -0.340 e. The average Bonchev–Trinajstić information content (AvgIpc) is 3.06. The summed E-state index contributed by atoms with van der Waals surface area (Å²) in [4.78, 5) is 24.9. The van der Waals surface area contributed by atoms with E-state index in [0.717, 1.165) is 43.8 Å². The number of nitrogens with zero attached hydrogens (tertiary/aromatic N) is 5. The molecular formula is C18H28N6OS. The SMILES string of the molecule is CCn1c(N2CCNCC2)nc2nc(SC3CCCCC3)n(C)c(=O)c21. The van der Waals surface area contributed by atoms with E-state index >= 15 is 0 Å². The molecule has 2 aliphatic rings. The third-order valence-electron chi connectivity index (χ3n) is 5.47. The Morgan fingerprint density at radius 3 is 2.58 bits per heavy atom. The molecule has 0 bridgehead atoms. The third-order valence-corrected chi connectivity index (χ3v) is 6.85. The van der Waals surface area contributed by atoms with Crippen LogP contribution in [0.3, 0.4) is 0 Å². The molecule has 142 valence electrons. The number of aryl methyl sites for hydroxylation is 1. The van der Waals surface area contributed by atoms with Crippen LogP contribution in [0.5, 0.6) is 0 Å². The Hall–Kier alpha value is -1.54. The molecule has 4 rings (SSSR count). The number of nitrogens with one attached hydrogen (secondary N) is 1. The monoisotopic (exact) mass is 376 g/mol. The van der Waals surface area contributed by atoms with E-state index in [1.807, 2.05) is 11.6 Å². The minimum atomic E-state index is 0.0176. The Balaban J connectivity index is 1.75. The van der Waals surface area contributed by atoms with Gasteiger partial charge in [0.05, 0.1) is 0 Å². The topological polar surface area (TPSA) is 68.0 Å². The zero-order chi connectivity index (χ0) is 18.1. The van der Waals surface area contributed by atoms with Gasteiger partial charge in [-0.05, 0) is 19.8 Å². The van der Waals surface area contributed by atoms with Gasteiger partial charge in [0.15, 0.2) is 16.3 Å². The molecule has 2 fully saturated rings. The minimum absolute atomic E-state index is 0.0176. The molecule has 1 aliphatic carbocycles. The molecule has 0 aromatic carbocycles. The highest BCUT2D eigenvalue weighted by molar-refractivity contribution is 7.99. The van der Waals surface area contributed by atoms with E-state index < -0.39 is 0 Å². The second kappa shape index (κ2) is 7.60. The number of imidazole rings is 1. The summed E-state index contributed by atoms with van der Waals surface area (Å²) in [5.74, 6) is 0.883. The second-order valence-corrected chi connectivity index (χ2v) is 8.47. The van der Waals surface area contributed by atoms with Crippen LogP contribution in [0.1, 0.15) is 39.0 Å². The molecule has 0 atom stereocenters. The number of thioether (sulfide) groups is 1. The lowest BCUT2D eigenvalue weighted by molar-refractivity contribution is 0.514. The van der Waals surface area contributed by atoms with E-state index in [0.29, 0.717) is 16.4 Å². The largest absolute Gasteiger partial charge is 0.340 e. The van der Waals surface area contributed by atoms with Crippen LogP contribution in [0.2, 0.25) is 0 Å². The van der Waals surface area contributed by atoms with E-state index in [1.54, 1.807) is 16.3 Å². The van der Waals surface area contributed by atoms with Crippen molar-refractivity contribution in [3.05, 3.63) is 10.4 Å². The predicted molar refractivity (Wildman–Crippen MR) is 106 cm³/mol.